The number of carbonyl (C=O) groups is 2. The summed E-state index contributed by atoms with van der Waals surface area (Å²) in [5.74, 6) is -0.317. The van der Waals surface area contributed by atoms with Crippen LogP contribution in [0.5, 0.6) is 0 Å². The molecule has 1 aromatic rings. The van der Waals surface area contributed by atoms with Crippen molar-refractivity contribution in [2.45, 2.75) is 19.8 Å². The van der Waals surface area contributed by atoms with E-state index in [9.17, 15) is 9.59 Å². The summed E-state index contributed by atoms with van der Waals surface area (Å²) in [6.07, 6.45) is 3.05. The first kappa shape index (κ1) is 10.7. The van der Waals surface area contributed by atoms with Gasteiger partial charge in [0.25, 0.3) is 5.91 Å². The molecule has 1 heterocycles. The zero-order valence-electron chi connectivity index (χ0n) is 8.95. The van der Waals surface area contributed by atoms with E-state index in [1.54, 1.807) is 0 Å². The number of nitrogens with zero attached hydrogens (tertiary/aromatic N) is 1. The fraction of sp³-hybridized carbons (Fsp3) is 0.500. The highest BCUT2D eigenvalue weighted by Gasteiger charge is 2.30. The van der Waals surface area contributed by atoms with Crippen molar-refractivity contribution in [3.05, 3.63) is 12.0 Å². The van der Waals surface area contributed by atoms with Gasteiger partial charge < -0.3 is 9.73 Å². The zero-order valence-corrected chi connectivity index (χ0v) is 8.95. The first-order valence-corrected chi connectivity index (χ1v) is 5.25. The van der Waals surface area contributed by atoms with Crippen molar-refractivity contribution in [2.75, 3.05) is 11.9 Å². The van der Waals surface area contributed by atoms with E-state index in [2.05, 4.69) is 15.6 Å². The fourth-order valence-electron chi connectivity index (χ4n) is 1.24. The largest absolute Gasteiger partial charge is 0.431 e. The Balaban J connectivity index is 1.95. The molecule has 1 aliphatic carbocycles. The first-order valence-electron chi connectivity index (χ1n) is 5.25. The van der Waals surface area contributed by atoms with Crippen LogP contribution in [0.2, 0.25) is 0 Å². The molecular formula is C10H13N3O3. The van der Waals surface area contributed by atoms with E-state index in [1.807, 2.05) is 6.92 Å². The molecule has 6 nitrogen and oxygen atoms in total. The van der Waals surface area contributed by atoms with Crippen LogP contribution in [-0.2, 0) is 4.79 Å². The quantitative estimate of drug-likeness (QED) is 0.789. The van der Waals surface area contributed by atoms with Gasteiger partial charge in [0.15, 0.2) is 5.69 Å². The lowest BCUT2D eigenvalue weighted by Crippen LogP contribution is -2.23. The topological polar surface area (TPSA) is 84.2 Å². The molecule has 16 heavy (non-hydrogen) atoms. The highest BCUT2D eigenvalue weighted by molar-refractivity contribution is 5.94. The minimum atomic E-state index is -0.307. The van der Waals surface area contributed by atoms with Gasteiger partial charge in [0.05, 0.1) is 0 Å². The molecule has 86 valence electrons. The molecule has 0 bridgehead atoms. The Morgan fingerprint density at radius 1 is 1.56 bits per heavy atom. The van der Waals surface area contributed by atoms with E-state index < -0.39 is 0 Å². The predicted molar refractivity (Wildman–Crippen MR) is 55.9 cm³/mol. The maximum absolute atomic E-state index is 11.4. The lowest BCUT2D eigenvalue weighted by molar-refractivity contribution is -0.117. The number of hydrogen-bond acceptors (Lipinski definition) is 4. The van der Waals surface area contributed by atoms with Gasteiger partial charge in [-0.3, -0.25) is 14.9 Å². The van der Waals surface area contributed by atoms with Crippen molar-refractivity contribution >= 4 is 17.8 Å². The van der Waals surface area contributed by atoms with E-state index in [-0.39, 0.29) is 29.4 Å². The van der Waals surface area contributed by atoms with Gasteiger partial charge in [-0.05, 0) is 19.8 Å². The Hall–Kier alpha value is -1.85. The van der Waals surface area contributed by atoms with Crippen LogP contribution in [0, 0.1) is 5.92 Å². The summed E-state index contributed by atoms with van der Waals surface area (Å²) >= 11 is 0. The van der Waals surface area contributed by atoms with Crippen LogP contribution in [0.4, 0.5) is 6.01 Å². The number of aromatic nitrogens is 1. The summed E-state index contributed by atoms with van der Waals surface area (Å²) in [6.45, 7) is 2.34. The molecule has 2 N–H and O–H groups in total. The third-order valence-electron chi connectivity index (χ3n) is 2.25. The number of rotatable bonds is 4. The Kier molecular flexibility index (Phi) is 2.89. The molecule has 1 aliphatic rings. The molecule has 0 saturated heterocycles. The van der Waals surface area contributed by atoms with E-state index in [1.165, 1.54) is 6.26 Å². The molecule has 1 aromatic heterocycles. The maximum atomic E-state index is 11.4. The minimum Gasteiger partial charge on any atom is -0.431 e. The van der Waals surface area contributed by atoms with Crippen molar-refractivity contribution in [3.8, 4) is 0 Å². The standard InChI is InChI=1S/C10H13N3O3/c1-2-11-9(15)7-5-16-10(12-7)13-8(14)6-3-4-6/h5-6H,2-4H2,1H3,(H,11,15)(H,12,13,14). The van der Waals surface area contributed by atoms with E-state index >= 15 is 0 Å². The van der Waals surface area contributed by atoms with Crippen LogP contribution in [0.25, 0.3) is 0 Å². The van der Waals surface area contributed by atoms with E-state index in [4.69, 9.17) is 4.42 Å². The molecule has 2 rings (SSSR count). The maximum Gasteiger partial charge on any atom is 0.302 e. The highest BCUT2D eigenvalue weighted by Crippen LogP contribution is 2.29. The first-order chi connectivity index (χ1) is 7.70. The molecule has 1 saturated carbocycles. The minimum absolute atomic E-state index is 0.0816. The molecule has 1 fully saturated rings. The second-order valence-corrected chi connectivity index (χ2v) is 3.66. The van der Waals surface area contributed by atoms with Gasteiger partial charge in [0.1, 0.15) is 6.26 Å². The van der Waals surface area contributed by atoms with Crippen LogP contribution in [0.3, 0.4) is 0 Å². The monoisotopic (exact) mass is 223 g/mol. The van der Waals surface area contributed by atoms with Crippen molar-refractivity contribution in [3.63, 3.8) is 0 Å². The summed E-state index contributed by atoms with van der Waals surface area (Å²) < 4.78 is 4.98. The lowest BCUT2D eigenvalue weighted by Gasteiger charge is -1.97. The number of anilines is 1. The lowest BCUT2D eigenvalue weighted by atomic mass is 10.4. The van der Waals surface area contributed by atoms with E-state index in [0.717, 1.165) is 12.8 Å². The summed E-state index contributed by atoms with van der Waals surface area (Å²) in [4.78, 5) is 26.6. The molecule has 0 aliphatic heterocycles. The van der Waals surface area contributed by atoms with Gasteiger partial charge >= 0.3 is 6.01 Å². The zero-order chi connectivity index (χ0) is 11.5. The normalized spacial score (nSPS) is 14.6. The summed E-state index contributed by atoms with van der Waals surface area (Å²) in [7, 11) is 0. The van der Waals surface area contributed by atoms with Crippen LogP contribution >= 0.6 is 0 Å². The van der Waals surface area contributed by atoms with Gasteiger partial charge in [-0.25, -0.2) is 0 Å². The fourth-order valence-corrected chi connectivity index (χ4v) is 1.24. The van der Waals surface area contributed by atoms with Crippen molar-refractivity contribution in [1.29, 1.82) is 0 Å². The number of carbonyl (C=O) groups excluding carboxylic acids is 2. The molecule has 0 aromatic carbocycles. The summed E-state index contributed by atoms with van der Waals surface area (Å²) in [5, 5.41) is 5.11. The number of hydrogen-bond donors (Lipinski definition) is 2. The second kappa shape index (κ2) is 4.34. The van der Waals surface area contributed by atoms with Crippen molar-refractivity contribution < 1.29 is 14.0 Å². The molecular weight excluding hydrogens is 210 g/mol. The molecule has 2 amide bonds. The second-order valence-electron chi connectivity index (χ2n) is 3.66. The Labute approximate surface area is 92.4 Å². The Morgan fingerprint density at radius 3 is 2.94 bits per heavy atom. The van der Waals surface area contributed by atoms with Crippen LogP contribution in [0.15, 0.2) is 10.7 Å². The molecule has 0 unspecified atom stereocenters. The SMILES string of the molecule is CCNC(=O)c1coc(NC(=O)C2CC2)n1. The van der Waals surface area contributed by atoms with Gasteiger partial charge in [0, 0.05) is 12.5 Å². The van der Waals surface area contributed by atoms with Gasteiger partial charge in [0.2, 0.25) is 5.91 Å². The van der Waals surface area contributed by atoms with Crippen LogP contribution < -0.4 is 10.6 Å². The summed E-state index contributed by atoms with van der Waals surface area (Å²) in [5.41, 5.74) is 0.174. The number of nitrogens with one attached hydrogen (secondary N) is 2. The van der Waals surface area contributed by atoms with Gasteiger partial charge in [-0.1, -0.05) is 0 Å². The predicted octanol–water partition coefficient (Wildman–Crippen LogP) is 0.773. The van der Waals surface area contributed by atoms with Crippen molar-refractivity contribution in [2.24, 2.45) is 5.92 Å². The third-order valence-corrected chi connectivity index (χ3v) is 2.25. The van der Waals surface area contributed by atoms with Crippen molar-refractivity contribution in [1.82, 2.24) is 10.3 Å². The smallest absolute Gasteiger partial charge is 0.302 e. The number of amides is 2. The molecule has 0 atom stereocenters. The average Bonchev–Trinajstić information content (AvgIpc) is 3.00. The van der Waals surface area contributed by atoms with E-state index in [0.29, 0.717) is 6.54 Å². The van der Waals surface area contributed by atoms with Crippen LogP contribution in [-0.4, -0.2) is 23.3 Å². The van der Waals surface area contributed by atoms with Gasteiger partial charge in [-0.2, -0.15) is 4.98 Å². The van der Waals surface area contributed by atoms with Gasteiger partial charge in [-0.15, -0.1) is 0 Å². The average molecular weight is 223 g/mol. The van der Waals surface area contributed by atoms with Crippen LogP contribution in [0.1, 0.15) is 30.3 Å². The molecule has 6 heteroatoms. The third kappa shape index (κ3) is 2.39. The Morgan fingerprint density at radius 2 is 2.31 bits per heavy atom. The Bertz CT molecular complexity index is 409. The molecule has 0 spiro atoms. The molecule has 0 radical (unpaired) electrons. The number of oxazole rings is 1. The summed E-state index contributed by atoms with van der Waals surface area (Å²) in [6, 6.07) is 0.0816. The highest BCUT2D eigenvalue weighted by atomic mass is 16.4.